The maximum absolute atomic E-state index is 12.4. The highest BCUT2D eigenvalue weighted by molar-refractivity contribution is 6.34. The van der Waals surface area contributed by atoms with Crippen molar-refractivity contribution in [3.05, 3.63) is 58.6 Å². The predicted molar refractivity (Wildman–Crippen MR) is 117 cm³/mol. The summed E-state index contributed by atoms with van der Waals surface area (Å²) >= 11 is 6.26. The number of carbonyl (C=O) groups is 3. The van der Waals surface area contributed by atoms with Crippen LogP contribution >= 0.6 is 11.6 Å². The molecule has 6 nitrogen and oxygen atoms in total. The van der Waals surface area contributed by atoms with Crippen molar-refractivity contribution in [2.75, 3.05) is 17.2 Å². The van der Waals surface area contributed by atoms with Crippen molar-refractivity contribution in [2.45, 2.75) is 39.7 Å². The minimum absolute atomic E-state index is 0.0169. The van der Waals surface area contributed by atoms with E-state index in [0.717, 1.165) is 6.42 Å². The van der Waals surface area contributed by atoms with Crippen LogP contribution in [0.4, 0.5) is 11.4 Å². The monoisotopic (exact) mass is 415 g/mol. The minimum atomic E-state index is -0.328. The van der Waals surface area contributed by atoms with Crippen LogP contribution in [0.1, 0.15) is 54.8 Å². The van der Waals surface area contributed by atoms with Gasteiger partial charge in [-0.05, 0) is 57.5 Å². The van der Waals surface area contributed by atoms with Crippen LogP contribution in [0.15, 0.2) is 42.5 Å². The molecule has 29 heavy (non-hydrogen) atoms. The van der Waals surface area contributed by atoms with Gasteiger partial charge in [0.25, 0.3) is 5.91 Å². The summed E-state index contributed by atoms with van der Waals surface area (Å²) in [5.41, 5.74) is 1.57. The molecule has 0 saturated carbocycles. The number of ketones is 1. The lowest BCUT2D eigenvalue weighted by molar-refractivity contribution is -0.114. The van der Waals surface area contributed by atoms with Crippen LogP contribution in [0.2, 0.25) is 5.02 Å². The maximum Gasteiger partial charge on any atom is 0.253 e. The Bertz CT molecular complexity index is 925. The number of carbonyl (C=O) groups excluding carboxylic acids is 3. The van der Waals surface area contributed by atoms with Gasteiger partial charge in [-0.25, -0.2) is 0 Å². The second-order valence-electron chi connectivity index (χ2n) is 7.39. The van der Waals surface area contributed by atoms with Crippen LogP contribution in [0.25, 0.3) is 0 Å². The first kappa shape index (κ1) is 22.4. The highest BCUT2D eigenvalue weighted by Gasteiger charge is 2.20. The molecule has 7 heteroatoms. The zero-order valence-electron chi connectivity index (χ0n) is 17.1. The van der Waals surface area contributed by atoms with Gasteiger partial charge in [0.05, 0.1) is 22.8 Å². The van der Waals surface area contributed by atoms with Gasteiger partial charge >= 0.3 is 0 Å². The average molecular weight is 416 g/mol. The summed E-state index contributed by atoms with van der Waals surface area (Å²) in [7, 11) is 0. The van der Waals surface area contributed by atoms with E-state index in [9.17, 15) is 14.4 Å². The van der Waals surface area contributed by atoms with E-state index in [1.807, 2.05) is 20.8 Å². The highest BCUT2D eigenvalue weighted by atomic mass is 35.5. The van der Waals surface area contributed by atoms with Crippen molar-refractivity contribution in [1.29, 1.82) is 0 Å². The van der Waals surface area contributed by atoms with E-state index >= 15 is 0 Å². The average Bonchev–Trinajstić information content (AvgIpc) is 2.66. The van der Waals surface area contributed by atoms with E-state index in [2.05, 4.69) is 16.0 Å². The number of rotatable bonds is 8. The number of hydrogen-bond donors (Lipinski definition) is 3. The number of para-hydroxylation sites is 1. The number of anilines is 2. The van der Waals surface area contributed by atoms with Crippen molar-refractivity contribution in [1.82, 2.24) is 5.32 Å². The first-order valence-electron chi connectivity index (χ1n) is 9.38. The minimum Gasteiger partial charge on any atom is -0.376 e. The first-order valence-corrected chi connectivity index (χ1v) is 9.76. The molecule has 0 atom stereocenters. The van der Waals surface area contributed by atoms with E-state index in [0.29, 0.717) is 27.5 Å². The summed E-state index contributed by atoms with van der Waals surface area (Å²) in [5.74, 6) is -0.672. The molecular weight excluding hydrogens is 390 g/mol. The van der Waals surface area contributed by atoms with Crippen LogP contribution in [-0.4, -0.2) is 29.7 Å². The summed E-state index contributed by atoms with van der Waals surface area (Å²) in [5, 5.41) is 8.92. The molecule has 0 aliphatic carbocycles. The van der Waals surface area contributed by atoms with Crippen LogP contribution in [0, 0.1) is 0 Å². The Morgan fingerprint density at radius 3 is 2.34 bits per heavy atom. The van der Waals surface area contributed by atoms with Gasteiger partial charge < -0.3 is 16.0 Å². The molecule has 0 bridgehead atoms. The summed E-state index contributed by atoms with van der Waals surface area (Å²) in [6.07, 6.45) is 0.790. The quantitative estimate of drug-likeness (QED) is 0.553. The number of Topliss-reactive ketones (excluding diaryl/α,β-unsaturated/α-hetero) is 1. The van der Waals surface area contributed by atoms with Crippen LogP contribution < -0.4 is 16.0 Å². The Kier molecular flexibility index (Phi) is 7.40. The summed E-state index contributed by atoms with van der Waals surface area (Å²) in [6.45, 7) is 7.31. The molecule has 2 rings (SSSR count). The first-order chi connectivity index (χ1) is 13.6. The molecule has 2 amide bonds. The number of nitrogens with one attached hydrogen (secondary N) is 3. The van der Waals surface area contributed by atoms with Crippen molar-refractivity contribution in [3.8, 4) is 0 Å². The Balaban J connectivity index is 1.99. The van der Waals surface area contributed by atoms with E-state index in [1.54, 1.807) is 42.5 Å². The lowest BCUT2D eigenvalue weighted by Crippen LogP contribution is -2.42. The standard InChI is InChI=1S/C22H26ClN3O3/c1-5-22(3,4)26-21(29)17-11-10-15(12-18(17)23)24-13-20(28)25-19-9-7-6-8-16(19)14(2)27/h6-12,24H,5,13H2,1-4H3,(H,25,28)(H,26,29). The molecule has 0 aromatic heterocycles. The smallest absolute Gasteiger partial charge is 0.253 e. The Morgan fingerprint density at radius 2 is 1.72 bits per heavy atom. The molecule has 0 aliphatic heterocycles. The fourth-order valence-corrected chi connectivity index (χ4v) is 2.81. The number of halogens is 1. The summed E-state index contributed by atoms with van der Waals surface area (Å²) in [4.78, 5) is 36.3. The lowest BCUT2D eigenvalue weighted by atomic mass is 10.0. The van der Waals surface area contributed by atoms with Crippen molar-refractivity contribution in [3.63, 3.8) is 0 Å². The van der Waals surface area contributed by atoms with Gasteiger partial charge in [-0.15, -0.1) is 0 Å². The zero-order valence-corrected chi connectivity index (χ0v) is 17.8. The summed E-state index contributed by atoms with van der Waals surface area (Å²) < 4.78 is 0. The molecule has 154 valence electrons. The predicted octanol–water partition coefficient (Wildman–Crippen LogP) is 4.51. The highest BCUT2D eigenvalue weighted by Crippen LogP contribution is 2.22. The van der Waals surface area contributed by atoms with Crippen LogP contribution in [-0.2, 0) is 4.79 Å². The van der Waals surface area contributed by atoms with Crippen LogP contribution in [0.5, 0.6) is 0 Å². The van der Waals surface area contributed by atoms with Gasteiger partial charge in [0, 0.05) is 16.8 Å². The molecule has 0 heterocycles. The number of hydrogen-bond acceptors (Lipinski definition) is 4. The third-order valence-electron chi connectivity index (χ3n) is 4.58. The van der Waals surface area contributed by atoms with E-state index < -0.39 is 0 Å². The van der Waals surface area contributed by atoms with Crippen molar-refractivity contribution >= 4 is 40.6 Å². The van der Waals surface area contributed by atoms with Crippen molar-refractivity contribution in [2.24, 2.45) is 0 Å². The second kappa shape index (κ2) is 9.56. The molecular formula is C22H26ClN3O3. The third-order valence-corrected chi connectivity index (χ3v) is 4.90. The van der Waals surface area contributed by atoms with E-state index in [4.69, 9.17) is 11.6 Å². The third kappa shape index (κ3) is 6.32. The SMILES string of the molecule is CCC(C)(C)NC(=O)c1ccc(NCC(=O)Nc2ccccc2C(C)=O)cc1Cl. The molecule has 0 unspecified atom stereocenters. The van der Waals surface area contributed by atoms with Gasteiger partial charge in [0.15, 0.2) is 5.78 Å². The Morgan fingerprint density at radius 1 is 1.03 bits per heavy atom. The van der Waals surface area contributed by atoms with Gasteiger partial charge in [-0.1, -0.05) is 30.7 Å². The normalized spacial score (nSPS) is 10.9. The summed E-state index contributed by atoms with van der Waals surface area (Å²) in [6, 6.07) is 11.7. The van der Waals surface area contributed by atoms with E-state index in [1.165, 1.54) is 6.92 Å². The molecule has 0 aliphatic rings. The molecule has 0 spiro atoms. The largest absolute Gasteiger partial charge is 0.376 e. The van der Waals surface area contributed by atoms with Gasteiger partial charge in [0.2, 0.25) is 5.91 Å². The Hall–Kier alpha value is -2.86. The fourth-order valence-electron chi connectivity index (χ4n) is 2.55. The number of amides is 2. The molecule has 2 aromatic carbocycles. The molecule has 0 saturated heterocycles. The topological polar surface area (TPSA) is 87.3 Å². The van der Waals surface area contributed by atoms with Crippen LogP contribution in [0.3, 0.4) is 0 Å². The second-order valence-corrected chi connectivity index (χ2v) is 7.80. The molecule has 3 N–H and O–H groups in total. The molecule has 0 fully saturated rings. The zero-order chi connectivity index (χ0) is 21.6. The number of benzene rings is 2. The van der Waals surface area contributed by atoms with Gasteiger partial charge in [0.1, 0.15) is 0 Å². The Labute approximate surface area is 176 Å². The van der Waals surface area contributed by atoms with Crippen molar-refractivity contribution < 1.29 is 14.4 Å². The maximum atomic E-state index is 12.4. The lowest BCUT2D eigenvalue weighted by Gasteiger charge is -2.24. The molecule has 0 radical (unpaired) electrons. The van der Waals surface area contributed by atoms with Gasteiger partial charge in [-0.2, -0.15) is 0 Å². The molecule has 2 aromatic rings. The van der Waals surface area contributed by atoms with Gasteiger partial charge in [-0.3, -0.25) is 14.4 Å². The van der Waals surface area contributed by atoms with E-state index in [-0.39, 0.29) is 29.7 Å². The fraction of sp³-hybridized carbons (Fsp3) is 0.318.